The Morgan fingerprint density at radius 2 is 1.89 bits per heavy atom. The quantitative estimate of drug-likeness (QED) is 0.187. The minimum absolute atomic E-state index is 0.151. The molecule has 2 aromatic carbocycles. The van der Waals surface area contributed by atoms with E-state index in [-0.39, 0.29) is 17.9 Å². The number of anilines is 1. The van der Waals surface area contributed by atoms with E-state index in [2.05, 4.69) is 48.6 Å². The molecular weight excluding hydrogens is 527 g/mol. The zero-order chi connectivity index (χ0) is 24.2. The molecule has 0 saturated carbocycles. The molecule has 0 radical (unpaired) electrons. The molecule has 0 aliphatic carbocycles. The second-order valence-electron chi connectivity index (χ2n) is 8.29. The summed E-state index contributed by atoms with van der Waals surface area (Å²) in [6, 6.07) is 24.2. The summed E-state index contributed by atoms with van der Waals surface area (Å²) >= 11 is 9.20. The molecule has 0 unspecified atom stereocenters. The average Bonchev–Trinajstić information content (AvgIpc) is 3.47. The van der Waals surface area contributed by atoms with Crippen LogP contribution in [0.1, 0.15) is 30.0 Å². The first-order chi connectivity index (χ1) is 17.1. The largest absolute Gasteiger partial charge is 0.459 e. The topological polar surface area (TPSA) is 53.3 Å². The number of furan rings is 1. The summed E-state index contributed by atoms with van der Waals surface area (Å²) in [6.45, 7) is 1.56. The highest BCUT2D eigenvalue weighted by Gasteiger charge is 2.41. The predicted molar refractivity (Wildman–Crippen MR) is 144 cm³/mol. The lowest BCUT2D eigenvalue weighted by Gasteiger charge is -2.26. The zero-order valence-electron chi connectivity index (χ0n) is 18.8. The van der Waals surface area contributed by atoms with Crippen LogP contribution in [0.3, 0.4) is 0 Å². The predicted octanol–water partition coefficient (Wildman–Crippen LogP) is 6.72. The summed E-state index contributed by atoms with van der Waals surface area (Å²) < 4.78 is 20.6. The molecule has 1 aliphatic rings. The van der Waals surface area contributed by atoms with Gasteiger partial charge in [-0.15, -0.1) is 0 Å². The van der Waals surface area contributed by atoms with Gasteiger partial charge < -0.3 is 20.0 Å². The molecule has 5 rings (SSSR count). The molecule has 3 heterocycles. The SMILES string of the molecule is Fc1ccc(-c2ccc([C@H]3[C@@H](c4ccccn4)NC(=S)N3CCCNc3ccccc3)o2)c(Br)c1. The summed E-state index contributed by atoms with van der Waals surface area (Å²) in [4.78, 5) is 6.75. The van der Waals surface area contributed by atoms with Gasteiger partial charge in [0.05, 0.1) is 11.7 Å². The van der Waals surface area contributed by atoms with Crippen LogP contribution in [0.15, 0.2) is 93.9 Å². The lowest BCUT2D eigenvalue weighted by atomic mass is 10.0. The molecule has 0 bridgehead atoms. The molecule has 2 N–H and O–H groups in total. The van der Waals surface area contributed by atoms with Gasteiger partial charge >= 0.3 is 0 Å². The molecule has 8 heteroatoms. The number of aromatic nitrogens is 1. The Hall–Kier alpha value is -3.23. The number of para-hydroxylation sites is 1. The third kappa shape index (κ3) is 5.23. The van der Waals surface area contributed by atoms with Crippen molar-refractivity contribution >= 4 is 38.9 Å². The number of nitrogens with one attached hydrogen (secondary N) is 2. The van der Waals surface area contributed by atoms with E-state index in [1.807, 2.05) is 48.5 Å². The number of hydrogen-bond donors (Lipinski definition) is 2. The molecule has 1 fully saturated rings. The first kappa shape index (κ1) is 23.5. The molecule has 1 aliphatic heterocycles. The highest BCUT2D eigenvalue weighted by molar-refractivity contribution is 9.10. The molecule has 2 aromatic heterocycles. The van der Waals surface area contributed by atoms with Crippen LogP contribution in [-0.2, 0) is 0 Å². The molecule has 4 aromatic rings. The summed E-state index contributed by atoms with van der Waals surface area (Å²) in [6.07, 6.45) is 2.67. The smallest absolute Gasteiger partial charge is 0.170 e. The Bertz CT molecular complexity index is 1300. The normalized spacial score (nSPS) is 17.4. The van der Waals surface area contributed by atoms with Gasteiger partial charge in [0.25, 0.3) is 0 Å². The number of benzene rings is 2. The van der Waals surface area contributed by atoms with Crippen LogP contribution in [0.2, 0.25) is 0 Å². The van der Waals surface area contributed by atoms with Gasteiger partial charge in [-0.05, 0) is 89.2 Å². The highest BCUT2D eigenvalue weighted by Crippen LogP contribution is 2.41. The van der Waals surface area contributed by atoms with Crippen molar-refractivity contribution in [2.45, 2.75) is 18.5 Å². The monoisotopic (exact) mass is 550 g/mol. The second-order valence-corrected chi connectivity index (χ2v) is 9.53. The molecule has 0 amide bonds. The van der Waals surface area contributed by atoms with E-state index in [1.165, 1.54) is 12.1 Å². The number of hydrogen-bond acceptors (Lipinski definition) is 4. The minimum Gasteiger partial charge on any atom is -0.459 e. The Labute approximate surface area is 217 Å². The fourth-order valence-electron chi connectivity index (χ4n) is 4.34. The van der Waals surface area contributed by atoms with Crippen molar-refractivity contribution in [3.63, 3.8) is 0 Å². The molecule has 35 heavy (non-hydrogen) atoms. The van der Waals surface area contributed by atoms with Crippen molar-refractivity contribution in [2.75, 3.05) is 18.4 Å². The van der Waals surface area contributed by atoms with Crippen molar-refractivity contribution in [3.8, 4) is 11.3 Å². The zero-order valence-corrected chi connectivity index (χ0v) is 21.2. The summed E-state index contributed by atoms with van der Waals surface area (Å²) in [5.74, 6) is 1.13. The standard InChI is InChI=1S/C27H24BrFN4OS/c28-21-17-18(29)10-11-20(21)23-12-13-24(34-23)26-25(22-9-4-5-14-31-22)32-27(35)33(26)16-6-15-30-19-7-2-1-3-8-19/h1-5,7-14,17,25-26,30H,6,15-16H2,(H,32,35)/t25-,26+/m1/s1. The number of nitrogens with zero attached hydrogens (tertiary/aromatic N) is 2. The van der Waals surface area contributed by atoms with Gasteiger partial charge in [0.15, 0.2) is 5.11 Å². The Kier molecular flexibility index (Phi) is 7.11. The van der Waals surface area contributed by atoms with Gasteiger partial charge in [-0.3, -0.25) is 4.98 Å². The van der Waals surface area contributed by atoms with Crippen molar-refractivity contribution in [1.29, 1.82) is 0 Å². The maximum atomic E-state index is 13.6. The first-order valence-corrected chi connectivity index (χ1v) is 12.6. The van der Waals surface area contributed by atoms with Gasteiger partial charge in [0, 0.05) is 35.0 Å². The van der Waals surface area contributed by atoms with Crippen LogP contribution < -0.4 is 10.6 Å². The van der Waals surface area contributed by atoms with Crippen LogP contribution in [0.4, 0.5) is 10.1 Å². The molecule has 1 saturated heterocycles. The third-order valence-electron chi connectivity index (χ3n) is 5.99. The van der Waals surface area contributed by atoms with Crippen LogP contribution in [-0.4, -0.2) is 28.1 Å². The van der Waals surface area contributed by atoms with Gasteiger partial charge in [0.2, 0.25) is 0 Å². The Balaban J connectivity index is 1.39. The summed E-state index contributed by atoms with van der Waals surface area (Å²) in [5, 5.41) is 7.58. The minimum atomic E-state index is -0.303. The Morgan fingerprint density at radius 3 is 2.66 bits per heavy atom. The second kappa shape index (κ2) is 10.6. The van der Waals surface area contributed by atoms with E-state index < -0.39 is 0 Å². The number of pyridine rings is 1. The highest BCUT2D eigenvalue weighted by atomic mass is 79.9. The average molecular weight is 551 g/mol. The van der Waals surface area contributed by atoms with Gasteiger partial charge in [-0.1, -0.05) is 24.3 Å². The van der Waals surface area contributed by atoms with Crippen LogP contribution in [0.25, 0.3) is 11.3 Å². The third-order valence-corrected chi connectivity index (χ3v) is 7.00. The van der Waals surface area contributed by atoms with Crippen molar-refractivity contribution in [3.05, 3.63) is 107 Å². The van der Waals surface area contributed by atoms with E-state index in [1.54, 1.807) is 12.3 Å². The van der Waals surface area contributed by atoms with Crippen molar-refractivity contribution in [2.24, 2.45) is 0 Å². The van der Waals surface area contributed by atoms with Crippen LogP contribution in [0.5, 0.6) is 0 Å². The number of thiocarbonyl (C=S) groups is 1. The number of halogens is 2. The first-order valence-electron chi connectivity index (χ1n) is 11.4. The summed E-state index contributed by atoms with van der Waals surface area (Å²) in [7, 11) is 0. The van der Waals surface area contributed by atoms with E-state index >= 15 is 0 Å². The molecular formula is C27H24BrFN4OS. The van der Waals surface area contributed by atoms with E-state index in [0.717, 1.165) is 42.2 Å². The lowest BCUT2D eigenvalue weighted by molar-refractivity contribution is 0.274. The fraction of sp³-hybridized carbons (Fsp3) is 0.185. The van der Waals surface area contributed by atoms with Crippen LogP contribution in [0, 0.1) is 5.82 Å². The Morgan fingerprint density at radius 1 is 1.06 bits per heavy atom. The maximum Gasteiger partial charge on any atom is 0.170 e. The van der Waals surface area contributed by atoms with Crippen molar-refractivity contribution in [1.82, 2.24) is 15.2 Å². The van der Waals surface area contributed by atoms with E-state index in [4.69, 9.17) is 16.6 Å². The van der Waals surface area contributed by atoms with E-state index in [0.29, 0.717) is 15.3 Å². The molecule has 0 spiro atoms. The lowest BCUT2D eigenvalue weighted by Crippen LogP contribution is -2.31. The molecule has 2 atom stereocenters. The van der Waals surface area contributed by atoms with Gasteiger partial charge in [-0.25, -0.2) is 4.39 Å². The number of rotatable bonds is 8. The van der Waals surface area contributed by atoms with E-state index in [9.17, 15) is 4.39 Å². The molecule has 178 valence electrons. The van der Waals surface area contributed by atoms with Crippen LogP contribution >= 0.6 is 28.1 Å². The maximum absolute atomic E-state index is 13.6. The van der Waals surface area contributed by atoms with Gasteiger partial charge in [0.1, 0.15) is 23.4 Å². The molecule has 5 nitrogen and oxygen atoms in total. The summed E-state index contributed by atoms with van der Waals surface area (Å²) in [5.41, 5.74) is 2.78. The van der Waals surface area contributed by atoms with Gasteiger partial charge in [-0.2, -0.15) is 0 Å². The van der Waals surface area contributed by atoms with Crippen molar-refractivity contribution < 1.29 is 8.81 Å². The fourth-order valence-corrected chi connectivity index (χ4v) is 5.22.